The van der Waals surface area contributed by atoms with Crippen molar-refractivity contribution in [3.05, 3.63) is 23.5 Å². The van der Waals surface area contributed by atoms with Gasteiger partial charge in [0.1, 0.15) is 12.4 Å². The van der Waals surface area contributed by atoms with Gasteiger partial charge in [0, 0.05) is 24.9 Å². The standard InChI is InChI=1S/C15H26N2O2/c1-11-7-8-14(19-10-12(2)18-6)13(17-11)9-16-15(3,4)5/h7-8,12,16H,9-10H2,1-6H3. The van der Waals surface area contributed by atoms with Crippen LogP contribution < -0.4 is 10.1 Å². The lowest BCUT2D eigenvalue weighted by atomic mass is 10.1. The smallest absolute Gasteiger partial charge is 0.142 e. The minimum absolute atomic E-state index is 0.0581. The molecule has 0 aliphatic heterocycles. The van der Waals surface area contributed by atoms with Gasteiger partial charge >= 0.3 is 0 Å². The third-order valence-corrected chi connectivity index (χ3v) is 2.73. The van der Waals surface area contributed by atoms with Gasteiger partial charge in [-0.1, -0.05) is 0 Å². The van der Waals surface area contributed by atoms with Gasteiger partial charge in [-0.05, 0) is 46.8 Å². The van der Waals surface area contributed by atoms with Crippen molar-refractivity contribution in [2.24, 2.45) is 0 Å². The van der Waals surface area contributed by atoms with Gasteiger partial charge in [-0.15, -0.1) is 0 Å². The molecule has 108 valence electrons. The highest BCUT2D eigenvalue weighted by molar-refractivity contribution is 5.29. The van der Waals surface area contributed by atoms with Crippen molar-refractivity contribution in [3.63, 3.8) is 0 Å². The van der Waals surface area contributed by atoms with E-state index in [4.69, 9.17) is 9.47 Å². The minimum atomic E-state index is 0.0581. The molecule has 0 saturated carbocycles. The molecular formula is C15H26N2O2. The van der Waals surface area contributed by atoms with Crippen LogP contribution in [0.1, 0.15) is 39.1 Å². The van der Waals surface area contributed by atoms with E-state index in [1.807, 2.05) is 26.0 Å². The monoisotopic (exact) mass is 266 g/mol. The van der Waals surface area contributed by atoms with Crippen LogP contribution in [0.25, 0.3) is 0 Å². The second-order valence-corrected chi connectivity index (χ2v) is 5.86. The molecule has 0 fully saturated rings. The molecule has 0 aromatic carbocycles. The lowest BCUT2D eigenvalue weighted by Crippen LogP contribution is -2.35. The second-order valence-electron chi connectivity index (χ2n) is 5.86. The Balaban J connectivity index is 2.74. The Kier molecular flexibility index (Phi) is 5.76. The van der Waals surface area contributed by atoms with Crippen molar-refractivity contribution in [1.82, 2.24) is 10.3 Å². The number of ether oxygens (including phenoxy) is 2. The van der Waals surface area contributed by atoms with Gasteiger partial charge in [0.05, 0.1) is 11.8 Å². The van der Waals surface area contributed by atoms with Gasteiger partial charge in [0.2, 0.25) is 0 Å². The number of nitrogens with one attached hydrogen (secondary N) is 1. The van der Waals surface area contributed by atoms with Crippen LogP contribution in [0.3, 0.4) is 0 Å². The highest BCUT2D eigenvalue weighted by Crippen LogP contribution is 2.18. The van der Waals surface area contributed by atoms with Crippen LogP contribution in [0, 0.1) is 6.92 Å². The number of hydrogen-bond acceptors (Lipinski definition) is 4. The number of aryl methyl sites for hydroxylation is 1. The molecule has 0 spiro atoms. The lowest BCUT2D eigenvalue weighted by molar-refractivity contribution is 0.0710. The van der Waals surface area contributed by atoms with Crippen molar-refractivity contribution in [2.45, 2.75) is 52.8 Å². The molecule has 1 aromatic rings. The van der Waals surface area contributed by atoms with Crippen molar-refractivity contribution >= 4 is 0 Å². The van der Waals surface area contributed by atoms with E-state index in [1.165, 1.54) is 0 Å². The maximum Gasteiger partial charge on any atom is 0.142 e. The molecule has 4 nitrogen and oxygen atoms in total. The lowest BCUT2D eigenvalue weighted by Gasteiger charge is -2.21. The van der Waals surface area contributed by atoms with E-state index in [9.17, 15) is 0 Å². The molecule has 1 aromatic heterocycles. The zero-order valence-corrected chi connectivity index (χ0v) is 12.9. The average molecular weight is 266 g/mol. The molecule has 1 heterocycles. The van der Waals surface area contributed by atoms with E-state index in [1.54, 1.807) is 7.11 Å². The Morgan fingerprint density at radius 1 is 1.32 bits per heavy atom. The van der Waals surface area contributed by atoms with Crippen molar-refractivity contribution in [3.8, 4) is 5.75 Å². The molecule has 0 aliphatic carbocycles. The van der Waals surface area contributed by atoms with Crippen LogP contribution in [0.15, 0.2) is 12.1 Å². The SMILES string of the molecule is COC(C)COc1ccc(C)nc1CNC(C)(C)C. The number of methoxy groups -OCH3 is 1. The molecular weight excluding hydrogens is 240 g/mol. The number of rotatable bonds is 6. The van der Waals surface area contributed by atoms with E-state index in [0.29, 0.717) is 13.2 Å². The highest BCUT2D eigenvalue weighted by atomic mass is 16.5. The molecule has 4 heteroatoms. The predicted octanol–water partition coefficient (Wildman–Crippen LogP) is 2.69. The number of pyridine rings is 1. The zero-order valence-electron chi connectivity index (χ0n) is 12.9. The fourth-order valence-corrected chi connectivity index (χ4v) is 1.48. The summed E-state index contributed by atoms with van der Waals surface area (Å²) in [5.41, 5.74) is 2.00. The minimum Gasteiger partial charge on any atom is -0.489 e. The van der Waals surface area contributed by atoms with Gasteiger partial charge in [0.25, 0.3) is 0 Å². The Bertz CT molecular complexity index is 400. The van der Waals surface area contributed by atoms with Crippen LogP contribution in [0.5, 0.6) is 5.75 Å². The van der Waals surface area contributed by atoms with E-state index >= 15 is 0 Å². The summed E-state index contributed by atoms with van der Waals surface area (Å²) in [6.45, 7) is 11.6. The van der Waals surface area contributed by atoms with Crippen LogP contribution in [0.2, 0.25) is 0 Å². The van der Waals surface area contributed by atoms with Gasteiger partial charge in [-0.25, -0.2) is 0 Å². The Morgan fingerprint density at radius 2 is 2.00 bits per heavy atom. The maximum absolute atomic E-state index is 5.78. The molecule has 1 rings (SSSR count). The summed E-state index contributed by atoms with van der Waals surface area (Å²) in [7, 11) is 1.68. The molecule has 0 bridgehead atoms. The molecule has 0 amide bonds. The predicted molar refractivity (Wildman–Crippen MR) is 77.5 cm³/mol. The number of hydrogen-bond donors (Lipinski definition) is 1. The number of nitrogens with zero attached hydrogens (tertiary/aromatic N) is 1. The van der Waals surface area contributed by atoms with Crippen molar-refractivity contribution in [2.75, 3.05) is 13.7 Å². The number of aromatic nitrogens is 1. The first kappa shape index (κ1) is 15.9. The van der Waals surface area contributed by atoms with E-state index in [-0.39, 0.29) is 11.6 Å². The van der Waals surface area contributed by atoms with E-state index in [0.717, 1.165) is 17.1 Å². The second kappa shape index (κ2) is 6.87. The average Bonchev–Trinajstić information content (AvgIpc) is 2.33. The molecule has 0 radical (unpaired) electrons. The Morgan fingerprint density at radius 3 is 2.58 bits per heavy atom. The quantitative estimate of drug-likeness (QED) is 0.859. The van der Waals surface area contributed by atoms with Crippen LogP contribution in [-0.4, -0.2) is 30.3 Å². The van der Waals surface area contributed by atoms with Gasteiger partial charge < -0.3 is 14.8 Å². The Labute approximate surface area is 116 Å². The third kappa shape index (κ3) is 6.03. The zero-order chi connectivity index (χ0) is 14.5. The largest absolute Gasteiger partial charge is 0.489 e. The van der Waals surface area contributed by atoms with E-state index < -0.39 is 0 Å². The molecule has 19 heavy (non-hydrogen) atoms. The summed E-state index contributed by atoms with van der Waals surface area (Å²) >= 11 is 0. The molecule has 0 saturated heterocycles. The summed E-state index contributed by atoms with van der Waals surface area (Å²) in [5, 5.41) is 3.43. The third-order valence-electron chi connectivity index (χ3n) is 2.73. The van der Waals surface area contributed by atoms with Gasteiger partial charge in [-0.2, -0.15) is 0 Å². The first-order valence-electron chi connectivity index (χ1n) is 6.69. The summed E-state index contributed by atoms with van der Waals surface area (Å²) < 4.78 is 11.0. The fraction of sp³-hybridized carbons (Fsp3) is 0.667. The fourth-order valence-electron chi connectivity index (χ4n) is 1.48. The maximum atomic E-state index is 5.78. The molecule has 1 N–H and O–H groups in total. The molecule has 1 atom stereocenters. The van der Waals surface area contributed by atoms with Crippen LogP contribution in [0.4, 0.5) is 0 Å². The van der Waals surface area contributed by atoms with E-state index in [2.05, 4.69) is 31.1 Å². The highest BCUT2D eigenvalue weighted by Gasteiger charge is 2.13. The summed E-state index contributed by atoms with van der Waals surface area (Å²) in [6.07, 6.45) is 0.0738. The summed E-state index contributed by atoms with van der Waals surface area (Å²) in [6, 6.07) is 3.94. The van der Waals surface area contributed by atoms with Crippen molar-refractivity contribution < 1.29 is 9.47 Å². The normalized spacial score (nSPS) is 13.4. The van der Waals surface area contributed by atoms with Gasteiger partial charge in [0.15, 0.2) is 0 Å². The topological polar surface area (TPSA) is 43.4 Å². The van der Waals surface area contributed by atoms with Crippen LogP contribution >= 0.6 is 0 Å². The first-order valence-corrected chi connectivity index (χ1v) is 6.69. The van der Waals surface area contributed by atoms with Crippen LogP contribution in [-0.2, 0) is 11.3 Å². The molecule has 1 unspecified atom stereocenters. The summed E-state index contributed by atoms with van der Waals surface area (Å²) in [5.74, 6) is 0.825. The molecule has 0 aliphatic rings. The summed E-state index contributed by atoms with van der Waals surface area (Å²) in [4.78, 5) is 4.55. The van der Waals surface area contributed by atoms with Gasteiger partial charge in [-0.3, -0.25) is 4.98 Å². The first-order chi connectivity index (χ1) is 8.81. The van der Waals surface area contributed by atoms with Crippen molar-refractivity contribution in [1.29, 1.82) is 0 Å². The Hall–Kier alpha value is -1.13.